The monoisotopic (exact) mass is 349 g/mol. The van der Waals surface area contributed by atoms with Crippen molar-refractivity contribution in [2.45, 2.75) is 6.18 Å². The Morgan fingerprint density at radius 2 is 1.68 bits per heavy atom. The van der Waals surface area contributed by atoms with Crippen molar-refractivity contribution in [1.82, 2.24) is 24.6 Å². The lowest BCUT2D eigenvalue weighted by Gasteiger charge is -2.36. The molecule has 3 aromatic rings. The summed E-state index contributed by atoms with van der Waals surface area (Å²) in [4.78, 5) is 15.6. The van der Waals surface area contributed by atoms with Gasteiger partial charge in [0.25, 0.3) is 0 Å². The van der Waals surface area contributed by atoms with Crippen LogP contribution in [-0.4, -0.2) is 50.7 Å². The molecule has 0 bridgehead atoms. The Kier molecular flexibility index (Phi) is 3.66. The second-order valence-corrected chi connectivity index (χ2v) is 5.65. The molecule has 1 saturated heterocycles. The molecule has 1 fully saturated rings. The molecule has 7 nitrogen and oxygen atoms in total. The van der Waals surface area contributed by atoms with Gasteiger partial charge in [0.1, 0.15) is 23.4 Å². The van der Waals surface area contributed by atoms with Crippen LogP contribution in [0.1, 0.15) is 5.69 Å². The van der Waals surface area contributed by atoms with E-state index in [0.29, 0.717) is 26.2 Å². The quantitative estimate of drug-likeness (QED) is 0.704. The molecule has 130 valence electrons. The molecule has 25 heavy (non-hydrogen) atoms. The Morgan fingerprint density at radius 3 is 2.44 bits per heavy atom. The third-order valence-electron chi connectivity index (χ3n) is 4.15. The van der Waals surface area contributed by atoms with Gasteiger partial charge in [-0.3, -0.25) is 0 Å². The predicted octanol–water partition coefficient (Wildman–Crippen LogP) is 1.86. The van der Waals surface area contributed by atoms with Crippen LogP contribution in [0.2, 0.25) is 0 Å². The lowest BCUT2D eigenvalue weighted by Crippen LogP contribution is -2.47. The van der Waals surface area contributed by atoms with Gasteiger partial charge in [-0.2, -0.15) is 18.3 Å². The molecule has 4 heterocycles. The summed E-state index contributed by atoms with van der Waals surface area (Å²) in [5, 5.41) is 4.19. The highest BCUT2D eigenvalue weighted by Crippen LogP contribution is 2.29. The summed E-state index contributed by atoms with van der Waals surface area (Å²) in [5.41, 5.74) is -0.0250. The van der Waals surface area contributed by atoms with Crippen molar-refractivity contribution in [3.8, 4) is 0 Å². The van der Waals surface area contributed by atoms with Crippen LogP contribution in [0.4, 0.5) is 24.8 Å². The van der Waals surface area contributed by atoms with E-state index in [4.69, 9.17) is 0 Å². The average molecular weight is 349 g/mol. The van der Waals surface area contributed by atoms with Gasteiger partial charge in [-0.15, -0.1) is 0 Å². The van der Waals surface area contributed by atoms with E-state index < -0.39 is 11.9 Å². The number of nitrogens with zero attached hydrogens (tertiary/aromatic N) is 7. The second kappa shape index (κ2) is 5.87. The highest BCUT2D eigenvalue weighted by atomic mass is 19.4. The van der Waals surface area contributed by atoms with Gasteiger partial charge in [0.15, 0.2) is 5.82 Å². The molecule has 10 heteroatoms. The van der Waals surface area contributed by atoms with Crippen LogP contribution in [0.3, 0.4) is 0 Å². The van der Waals surface area contributed by atoms with Crippen molar-refractivity contribution in [3.63, 3.8) is 0 Å². The lowest BCUT2D eigenvalue weighted by atomic mass is 10.2. The molecule has 1 aliphatic rings. The summed E-state index contributed by atoms with van der Waals surface area (Å²) >= 11 is 0. The lowest BCUT2D eigenvalue weighted by molar-refractivity contribution is -0.141. The molecule has 0 saturated carbocycles. The van der Waals surface area contributed by atoms with Crippen LogP contribution in [0.25, 0.3) is 5.52 Å². The Balaban J connectivity index is 1.51. The summed E-state index contributed by atoms with van der Waals surface area (Å²) in [6, 6.07) is 2.88. The topological polar surface area (TPSA) is 62.5 Å². The van der Waals surface area contributed by atoms with E-state index >= 15 is 0 Å². The summed E-state index contributed by atoms with van der Waals surface area (Å²) in [6.07, 6.45) is 1.65. The molecule has 0 spiro atoms. The number of aromatic nitrogens is 5. The Morgan fingerprint density at radius 1 is 0.920 bits per heavy atom. The maximum absolute atomic E-state index is 12.8. The molecule has 0 aliphatic carbocycles. The standard InChI is InChI=1S/C15H14F3N7/c16-15(17,18)12-9-13(21-10-20-12)23-5-7-24(8-6-23)14-11-1-2-22-25(11)4-3-19-14/h1-4,9-10H,5-8H2. The van der Waals surface area contributed by atoms with Gasteiger partial charge < -0.3 is 9.80 Å². The first-order valence-electron chi connectivity index (χ1n) is 7.70. The number of rotatable bonds is 2. The number of piperazine rings is 1. The molecule has 0 atom stereocenters. The SMILES string of the molecule is FC(F)(F)c1cc(N2CCN(c3nccn4nccc34)CC2)ncn1. The van der Waals surface area contributed by atoms with Gasteiger partial charge in [0, 0.05) is 44.6 Å². The molecular formula is C15H14F3N7. The summed E-state index contributed by atoms with van der Waals surface area (Å²) in [7, 11) is 0. The first-order valence-corrected chi connectivity index (χ1v) is 7.70. The summed E-state index contributed by atoms with van der Waals surface area (Å²) in [6.45, 7) is 2.35. The largest absolute Gasteiger partial charge is 0.433 e. The minimum atomic E-state index is -4.47. The van der Waals surface area contributed by atoms with E-state index in [0.717, 1.165) is 23.7 Å². The maximum Gasteiger partial charge on any atom is 0.433 e. The molecular weight excluding hydrogens is 335 g/mol. The van der Waals surface area contributed by atoms with E-state index in [1.807, 2.05) is 11.0 Å². The van der Waals surface area contributed by atoms with Crippen LogP contribution in [0, 0.1) is 0 Å². The van der Waals surface area contributed by atoms with Gasteiger partial charge in [-0.1, -0.05) is 0 Å². The van der Waals surface area contributed by atoms with Crippen LogP contribution in [-0.2, 0) is 6.18 Å². The van der Waals surface area contributed by atoms with E-state index in [1.54, 1.807) is 23.1 Å². The number of alkyl halides is 3. The number of hydrogen-bond acceptors (Lipinski definition) is 6. The Bertz CT molecular complexity index is 884. The fourth-order valence-corrected chi connectivity index (χ4v) is 2.91. The highest BCUT2D eigenvalue weighted by molar-refractivity contribution is 5.68. The highest BCUT2D eigenvalue weighted by Gasteiger charge is 2.33. The van der Waals surface area contributed by atoms with E-state index in [9.17, 15) is 13.2 Å². The molecule has 3 aromatic heterocycles. The van der Waals surface area contributed by atoms with E-state index in [1.165, 1.54) is 0 Å². The molecule has 0 unspecified atom stereocenters. The number of halogens is 3. The molecule has 0 aromatic carbocycles. The van der Waals surface area contributed by atoms with Crippen LogP contribution >= 0.6 is 0 Å². The molecule has 4 rings (SSSR count). The van der Waals surface area contributed by atoms with Crippen molar-refractivity contribution in [2.24, 2.45) is 0 Å². The van der Waals surface area contributed by atoms with Crippen molar-refractivity contribution in [1.29, 1.82) is 0 Å². The van der Waals surface area contributed by atoms with Crippen LogP contribution < -0.4 is 9.80 Å². The van der Waals surface area contributed by atoms with Gasteiger partial charge in [-0.05, 0) is 6.07 Å². The van der Waals surface area contributed by atoms with Gasteiger partial charge >= 0.3 is 6.18 Å². The number of anilines is 2. The normalized spacial score (nSPS) is 15.8. The zero-order chi connectivity index (χ0) is 17.4. The zero-order valence-electron chi connectivity index (χ0n) is 13.1. The zero-order valence-corrected chi connectivity index (χ0v) is 13.1. The van der Waals surface area contributed by atoms with Crippen molar-refractivity contribution in [3.05, 3.63) is 42.7 Å². The maximum atomic E-state index is 12.8. The van der Waals surface area contributed by atoms with Gasteiger partial charge in [0.2, 0.25) is 0 Å². The molecule has 0 radical (unpaired) electrons. The van der Waals surface area contributed by atoms with Crippen molar-refractivity contribution in [2.75, 3.05) is 36.0 Å². The van der Waals surface area contributed by atoms with E-state index in [2.05, 4.69) is 25.0 Å². The third-order valence-corrected chi connectivity index (χ3v) is 4.15. The number of hydrogen-bond donors (Lipinski definition) is 0. The molecule has 0 amide bonds. The smallest absolute Gasteiger partial charge is 0.353 e. The van der Waals surface area contributed by atoms with E-state index in [-0.39, 0.29) is 5.82 Å². The van der Waals surface area contributed by atoms with Crippen molar-refractivity contribution >= 4 is 17.2 Å². The average Bonchev–Trinajstić information content (AvgIpc) is 3.10. The summed E-state index contributed by atoms with van der Waals surface area (Å²) < 4.78 is 40.2. The second-order valence-electron chi connectivity index (χ2n) is 5.65. The Hall–Kier alpha value is -2.91. The molecule has 0 N–H and O–H groups in total. The van der Waals surface area contributed by atoms with Crippen LogP contribution in [0.15, 0.2) is 37.1 Å². The fraction of sp³-hybridized carbons (Fsp3) is 0.333. The minimum Gasteiger partial charge on any atom is -0.353 e. The first kappa shape index (κ1) is 15.6. The summed E-state index contributed by atoms with van der Waals surface area (Å²) in [5.74, 6) is 1.11. The van der Waals surface area contributed by atoms with Gasteiger partial charge in [0.05, 0.1) is 6.20 Å². The van der Waals surface area contributed by atoms with Gasteiger partial charge in [-0.25, -0.2) is 19.5 Å². The Labute approximate surface area is 140 Å². The number of fused-ring (bicyclic) bond motifs is 1. The third kappa shape index (κ3) is 2.94. The fourth-order valence-electron chi connectivity index (χ4n) is 2.91. The molecule has 1 aliphatic heterocycles. The van der Waals surface area contributed by atoms with Crippen molar-refractivity contribution < 1.29 is 13.2 Å². The minimum absolute atomic E-state index is 0.289. The van der Waals surface area contributed by atoms with Crippen LogP contribution in [0.5, 0.6) is 0 Å². The predicted molar refractivity (Wildman–Crippen MR) is 84.4 cm³/mol. The first-order chi connectivity index (χ1) is 12.0.